The molecule has 1 fully saturated rings. The Labute approximate surface area is 297 Å². The summed E-state index contributed by atoms with van der Waals surface area (Å²) in [5.74, 6) is 0.265. The Hall–Kier alpha value is -5.93. The molecule has 3 aromatic heterocycles. The zero-order valence-electron chi connectivity index (χ0n) is 29.0. The van der Waals surface area contributed by atoms with E-state index in [1.807, 2.05) is 28.6 Å². The lowest BCUT2D eigenvalue weighted by Crippen LogP contribution is -2.52. The van der Waals surface area contributed by atoms with E-state index in [2.05, 4.69) is 32.1 Å². The van der Waals surface area contributed by atoms with Gasteiger partial charge in [0, 0.05) is 75.7 Å². The van der Waals surface area contributed by atoms with Gasteiger partial charge in [-0.3, -0.25) is 33.8 Å². The molecule has 6 heterocycles. The Kier molecular flexibility index (Phi) is 8.51. The van der Waals surface area contributed by atoms with E-state index >= 15 is 0 Å². The molecule has 8 rings (SSSR count). The van der Waals surface area contributed by atoms with E-state index in [4.69, 9.17) is 14.2 Å². The number of aryl methyl sites for hydroxylation is 1. The SMILES string of the molecule is Cc1c(C(=O)N(c2cnn(C)c2)c2c[nH]c(=O)[nH]c2=O)cc(-c2cc3c(cc2C(=O)N2Cc4ccccc4C[C@H]2CN2CCOCC2)OCO3)n1C. The van der Waals surface area contributed by atoms with Crippen LogP contribution in [0.25, 0.3) is 11.3 Å². The molecular formula is C37H38N8O7. The first kappa shape index (κ1) is 33.2. The van der Waals surface area contributed by atoms with Gasteiger partial charge >= 0.3 is 5.69 Å². The highest BCUT2D eigenvalue weighted by Crippen LogP contribution is 2.41. The maximum Gasteiger partial charge on any atom is 0.325 e. The van der Waals surface area contributed by atoms with Crippen molar-refractivity contribution in [3.05, 3.63) is 110 Å². The van der Waals surface area contributed by atoms with Crippen LogP contribution in [0.4, 0.5) is 11.4 Å². The highest BCUT2D eigenvalue weighted by Gasteiger charge is 2.35. The highest BCUT2D eigenvalue weighted by atomic mass is 16.7. The van der Waals surface area contributed by atoms with Crippen LogP contribution in [0.3, 0.4) is 0 Å². The molecule has 0 bridgehead atoms. The molecule has 52 heavy (non-hydrogen) atoms. The molecule has 3 aliphatic heterocycles. The third kappa shape index (κ3) is 5.96. The normalized spacial score (nSPS) is 16.9. The third-order valence-corrected chi connectivity index (χ3v) is 10.2. The van der Waals surface area contributed by atoms with Gasteiger partial charge in [0.25, 0.3) is 17.4 Å². The van der Waals surface area contributed by atoms with Crippen LogP contribution < -0.4 is 25.6 Å². The lowest BCUT2D eigenvalue weighted by atomic mass is 9.92. The molecule has 0 saturated carbocycles. The molecular weight excluding hydrogens is 668 g/mol. The summed E-state index contributed by atoms with van der Waals surface area (Å²) in [4.78, 5) is 64.5. The van der Waals surface area contributed by atoms with Crippen LogP contribution in [0.1, 0.15) is 37.5 Å². The topological polar surface area (TPSA) is 160 Å². The number of aromatic nitrogens is 5. The number of ether oxygens (including phenoxy) is 3. The summed E-state index contributed by atoms with van der Waals surface area (Å²) < 4.78 is 20.5. The van der Waals surface area contributed by atoms with Crippen molar-refractivity contribution in [2.75, 3.05) is 44.5 Å². The molecule has 2 amide bonds. The molecule has 15 nitrogen and oxygen atoms in total. The predicted molar refractivity (Wildman–Crippen MR) is 190 cm³/mol. The lowest BCUT2D eigenvalue weighted by molar-refractivity contribution is 0.0193. The largest absolute Gasteiger partial charge is 0.454 e. The van der Waals surface area contributed by atoms with Gasteiger partial charge < -0.3 is 28.7 Å². The first-order valence-corrected chi connectivity index (χ1v) is 17.1. The maximum absolute atomic E-state index is 15.0. The van der Waals surface area contributed by atoms with Crippen LogP contribution in [0.15, 0.2) is 70.6 Å². The van der Waals surface area contributed by atoms with Crippen LogP contribution in [0.5, 0.6) is 11.5 Å². The summed E-state index contributed by atoms with van der Waals surface area (Å²) >= 11 is 0. The van der Waals surface area contributed by atoms with Crippen molar-refractivity contribution >= 4 is 23.2 Å². The van der Waals surface area contributed by atoms with E-state index in [1.165, 1.54) is 27.5 Å². The Morgan fingerprint density at radius 3 is 2.48 bits per heavy atom. The number of H-pyrrole nitrogens is 2. The number of aromatic amines is 2. The lowest BCUT2D eigenvalue weighted by Gasteiger charge is -2.40. The van der Waals surface area contributed by atoms with Gasteiger partial charge in [0.2, 0.25) is 6.79 Å². The zero-order chi connectivity index (χ0) is 36.1. The molecule has 2 aromatic carbocycles. The summed E-state index contributed by atoms with van der Waals surface area (Å²) in [6.07, 6.45) is 4.97. The molecule has 0 spiro atoms. The molecule has 15 heteroatoms. The van der Waals surface area contributed by atoms with Gasteiger partial charge in [-0.05, 0) is 42.7 Å². The Morgan fingerprint density at radius 2 is 1.75 bits per heavy atom. The number of benzene rings is 2. The van der Waals surface area contributed by atoms with Crippen molar-refractivity contribution < 1.29 is 23.8 Å². The minimum absolute atomic E-state index is 0.0207. The van der Waals surface area contributed by atoms with Crippen molar-refractivity contribution in [1.29, 1.82) is 0 Å². The van der Waals surface area contributed by atoms with Gasteiger partial charge in [-0.2, -0.15) is 5.10 Å². The average Bonchev–Trinajstić information content (AvgIpc) is 3.87. The molecule has 1 saturated heterocycles. The number of anilines is 2. The van der Waals surface area contributed by atoms with E-state index in [0.29, 0.717) is 66.0 Å². The van der Waals surface area contributed by atoms with Gasteiger partial charge in [-0.15, -0.1) is 0 Å². The number of amides is 2. The Morgan fingerprint density at radius 1 is 1.00 bits per heavy atom. The first-order valence-electron chi connectivity index (χ1n) is 17.1. The molecule has 268 valence electrons. The Balaban J connectivity index is 1.22. The fraction of sp³-hybridized carbons (Fsp3) is 0.324. The number of nitrogens with one attached hydrogen (secondary N) is 2. The van der Waals surface area contributed by atoms with Crippen LogP contribution in [-0.2, 0) is 31.8 Å². The van der Waals surface area contributed by atoms with Crippen molar-refractivity contribution in [3.63, 3.8) is 0 Å². The van der Waals surface area contributed by atoms with Gasteiger partial charge in [-0.1, -0.05) is 24.3 Å². The van der Waals surface area contributed by atoms with Gasteiger partial charge in [0.15, 0.2) is 11.5 Å². The number of carbonyl (C=O) groups excluding carboxylic acids is 2. The second-order valence-electron chi connectivity index (χ2n) is 13.3. The highest BCUT2D eigenvalue weighted by molar-refractivity contribution is 6.12. The third-order valence-electron chi connectivity index (χ3n) is 10.2. The average molecular weight is 707 g/mol. The number of hydrogen-bond acceptors (Lipinski definition) is 9. The maximum atomic E-state index is 15.0. The van der Waals surface area contributed by atoms with Crippen molar-refractivity contribution in [3.8, 4) is 22.8 Å². The minimum atomic E-state index is -0.742. The van der Waals surface area contributed by atoms with E-state index in [0.717, 1.165) is 25.1 Å². The van der Waals surface area contributed by atoms with Crippen molar-refractivity contribution in [2.24, 2.45) is 14.1 Å². The number of carbonyl (C=O) groups is 2. The second-order valence-corrected chi connectivity index (χ2v) is 13.3. The fourth-order valence-corrected chi connectivity index (χ4v) is 7.31. The van der Waals surface area contributed by atoms with Crippen LogP contribution in [0, 0.1) is 6.92 Å². The first-order chi connectivity index (χ1) is 25.2. The second kappa shape index (κ2) is 13.3. The number of fused-ring (bicyclic) bond motifs is 2. The minimum Gasteiger partial charge on any atom is -0.454 e. The smallest absolute Gasteiger partial charge is 0.325 e. The summed E-state index contributed by atoms with van der Waals surface area (Å²) in [5.41, 5.74) is 3.57. The van der Waals surface area contributed by atoms with Crippen LogP contribution >= 0.6 is 0 Å². The molecule has 5 aromatic rings. The fourth-order valence-electron chi connectivity index (χ4n) is 7.31. The molecule has 3 aliphatic rings. The molecule has 0 radical (unpaired) electrons. The van der Waals surface area contributed by atoms with E-state index in [1.54, 1.807) is 38.4 Å². The van der Waals surface area contributed by atoms with E-state index in [-0.39, 0.29) is 30.0 Å². The predicted octanol–water partition coefficient (Wildman–Crippen LogP) is 2.72. The summed E-state index contributed by atoms with van der Waals surface area (Å²) in [5, 5.41) is 4.20. The van der Waals surface area contributed by atoms with Crippen LogP contribution in [-0.4, -0.2) is 91.6 Å². The van der Waals surface area contributed by atoms with Gasteiger partial charge in [-0.25, -0.2) is 4.79 Å². The number of hydrogen-bond donors (Lipinski definition) is 2. The zero-order valence-corrected chi connectivity index (χ0v) is 29.0. The monoisotopic (exact) mass is 706 g/mol. The molecule has 0 aliphatic carbocycles. The van der Waals surface area contributed by atoms with Gasteiger partial charge in [0.1, 0.15) is 5.69 Å². The van der Waals surface area contributed by atoms with Crippen molar-refractivity contribution in [1.82, 2.24) is 34.1 Å². The van der Waals surface area contributed by atoms with E-state index in [9.17, 15) is 19.2 Å². The van der Waals surface area contributed by atoms with E-state index < -0.39 is 17.2 Å². The standard InChI is InChI=1S/C37H38N8O7/c1-22-27(36(48)45(26-16-39-41(2)19-26)31-17-38-37(49)40-34(31)46)13-30(42(22)3)28-14-32-33(52-21-51-32)15-29(28)35(47)44-18-24-7-5-4-6-23(24)12-25(44)20-43-8-10-50-11-9-43/h4-7,13-17,19,25H,8-12,18,20-21H2,1-3H3,(H2,38,40,46,49)/t25-/m0/s1. The summed E-state index contributed by atoms with van der Waals surface area (Å²) in [7, 11) is 3.51. The summed E-state index contributed by atoms with van der Waals surface area (Å²) in [6, 6.07) is 13.4. The summed E-state index contributed by atoms with van der Waals surface area (Å²) in [6.45, 7) is 5.89. The number of rotatable bonds is 7. The Bertz CT molecular complexity index is 2310. The van der Waals surface area contributed by atoms with Gasteiger partial charge in [0.05, 0.1) is 36.2 Å². The number of morpholine rings is 1. The molecule has 2 N–H and O–H groups in total. The molecule has 1 atom stereocenters. The van der Waals surface area contributed by atoms with Crippen molar-refractivity contribution in [2.45, 2.75) is 25.9 Å². The molecule has 0 unspecified atom stereocenters. The quantitative estimate of drug-likeness (QED) is 0.260. The van der Waals surface area contributed by atoms with Crippen LogP contribution in [0.2, 0.25) is 0 Å². The number of nitrogens with zero attached hydrogens (tertiary/aromatic N) is 6.